The van der Waals surface area contributed by atoms with E-state index < -0.39 is 4.92 Å². The molecule has 0 saturated carbocycles. The van der Waals surface area contributed by atoms with Crippen molar-refractivity contribution in [1.29, 1.82) is 0 Å². The van der Waals surface area contributed by atoms with E-state index in [-0.39, 0.29) is 11.7 Å². The Kier molecular flexibility index (Phi) is 5.48. The maximum atomic E-state index is 10.6. The van der Waals surface area contributed by atoms with E-state index in [1.807, 2.05) is 38.4 Å². The monoisotopic (exact) mass is 316 g/mol. The third-order valence-corrected chi connectivity index (χ3v) is 3.54. The van der Waals surface area contributed by atoms with Crippen LogP contribution in [-0.4, -0.2) is 42.6 Å². The molecule has 0 aliphatic carbocycles. The van der Waals surface area contributed by atoms with Crippen molar-refractivity contribution in [1.82, 2.24) is 9.88 Å². The number of hydrogen-bond acceptors (Lipinski definition) is 6. The van der Waals surface area contributed by atoms with Crippen LogP contribution in [0.25, 0.3) is 0 Å². The molecule has 0 fully saturated rings. The first-order valence-corrected chi connectivity index (χ1v) is 7.16. The fourth-order valence-corrected chi connectivity index (χ4v) is 2.25. The van der Waals surface area contributed by atoms with Crippen LogP contribution in [0, 0.1) is 10.1 Å². The van der Waals surface area contributed by atoms with Crippen LogP contribution in [-0.2, 0) is 0 Å². The zero-order chi connectivity index (χ0) is 16.8. The highest BCUT2D eigenvalue weighted by molar-refractivity contribution is 5.41. The van der Waals surface area contributed by atoms with Gasteiger partial charge in [0.25, 0.3) is 5.69 Å². The summed E-state index contributed by atoms with van der Waals surface area (Å²) in [5.74, 6) is 1.41. The summed E-state index contributed by atoms with van der Waals surface area (Å²) in [6.45, 7) is 0.616. The molecule has 1 aromatic carbocycles. The SMILES string of the molecule is COc1cccc(C(CNc2ccc([N+](=O)[O-])cn2)N(C)C)c1. The minimum Gasteiger partial charge on any atom is -0.497 e. The first-order valence-electron chi connectivity index (χ1n) is 7.16. The third kappa shape index (κ3) is 4.40. The summed E-state index contributed by atoms with van der Waals surface area (Å²) >= 11 is 0. The molecule has 0 aliphatic heterocycles. The number of nitrogens with zero attached hydrogens (tertiary/aromatic N) is 3. The Morgan fingerprint density at radius 2 is 2.13 bits per heavy atom. The fourth-order valence-electron chi connectivity index (χ4n) is 2.25. The lowest BCUT2D eigenvalue weighted by molar-refractivity contribution is -0.385. The van der Waals surface area contributed by atoms with Crippen molar-refractivity contribution in [2.75, 3.05) is 33.1 Å². The van der Waals surface area contributed by atoms with E-state index in [2.05, 4.69) is 15.2 Å². The zero-order valence-corrected chi connectivity index (χ0v) is 13.4. The predicted molar refractivity (Wildman–Crippen MR) is 88.8 cm³/mol. The number of nitrogens with one attached hydrogen (secondary N) is 1. The van der Waals surface area contributed by atoms with Gasteiger partial charge in [-0.15, -0.1) is 0 Å². The number of pyridine rings is 1. The van der Waals surface area contributed by atoms with Gasteiger partial charge in [-0.3, -0.25) is 10.1 Å². The van der Waals surface area contributed by atoms with Gasteiger partial charge in [-0.2, -0.15) is 0 Å². The van der Waals surface area contributed by atoms with Gasteiger partial charge in [0.2, 0.25) is 0 Å². The van der Waals surface area contributed by atoms with Crippen molar-refractivity contribution in [3.8, 4) is 5.75 Å². The van der Waals surface area contributed by atoms with Crippen molar-refractivity contribution < 1.29 is 9.66 Å². The standard InChI is InChI=1S/C16H20N4O3/c1-19(2)15(12-5-4-6-14(9-12)23-3)11-18-16-8-7-13(10-17-16)20(21)22/h4-10,15H,11H2,1-3H3,(H,17,18). The van der Waals surface area contributed by atoms with Crippen LogP contribution in [0.3, 0.4) is 0 Å². The summed E-state index contributed by atoms with van der Waals surface area (Å²) in [7, 11) is 5.63. The minimum atomic E-state index is -0.463. The number of benzene rings is 1. The van der Waals surface area contributed by atoms with Gasteiger partial charge in [0.15, 0.2) is 0 Å². The lowest BCUT2D eigenvalue weighted by atomic mass is 10.1. The summed E-state index contributed by atoms with van der Waals surface area (Å²) in [4.78, 5) is 16.3. The van der Waals surface area contributed by atoms with Crippen molar-refractivity contribution >= 4 is 11.5 Å². The second-order valence-corrected chi connectivity index (χ2v) is 5.30. The van der Waals surface area contributed by atoms with E-state index in [0.717, 1.165) is 11.3 Å². The van der Waals surface area contributed by atoms with Crippen molar-refractivity contribution in [3.63, 3.8) is 0 Å². The maximum Gasteiger partial charge on any atom is 0.287 e. The number of anilines is 1. The van der Waals surface area contributed by atoms with Crippen LogP contribution in [0.2, 0.25) is 0 Å². The Bertz CT molecular complexity index is 659. The molecule has 1 atom stereocenters. The topological polar surface area (TPSA) is 80.5 Å². The molecule has 0 bridgehead atoms. The van der Waals surface area contributed by atoms with Crippen LogP contribution in [0.1, 0.15) is 11.6 Å². The van der Waals surface area contributed by atoms with Gasteiger partial charge < -0.3 is 15.0 Å². The van der Waals surface area contributed by atoms with Crippen molar-refractivity contribution in [2.45, 2.75) is 6.04 Å². The Morgan fingerprint density at radius 3 is 2.70 bits per heavy atom. The van der Waals surface area contributed by atoms with Crippen LogP contribution >= 0.6 is 0 Å². The smallest absolute Gasteiger partial charge is 0.287 e. The molecule has 0 spiro atoms. The first-order chi connectivity index (χ1) is 11.0. The van der Waals surface area contributed by atoms with E-state index in [9.17, 15) is 10.1 Å². The molecule has 23 heavy (non-hydrogen) atoms. The third-order valence-electron chi connectivity index (χ3n) is 3.54. The van der Waals surface area contributed by atoms with Gasteiger partial charge in [-0.05, 0) is 37.9 Å². The van der Waals surface area contributed by atoms with Gasteiger partial charge in [-0.1, -0.05) is 12.1 Å². The van der Waals surface area contributed by atoms with E-state index in [4.69, 9.17) is 4.74 Å². The average molecular weight is 316 g/mol. The highest BCUT2D eigenvalue weighted by Crippen LogP contribution is 2.23. The number of methoxy groups -OCH3 is 1. The van der Waals surface area contributed by atoms with E-state index in [1.165, 1.54) is 12.3 Å². The second-order valence-electron chi connectivity index (χ2n) is 5.30. The van der Waals surface area contributed by atoms with Crippen LogP contribution < -0.4 is 10.1 Å². The van der Waals surface area contributed by atoms with Gasteiger partial charge in [0.1, 0.15) is 17.8 Å². The van der Waals surface area contributed by atoms with Gasteiger partial charge >= 0.3 is 0 Å². The van der Waals surface area contributed by atoms with Gasteiger partial charge in [-0.25, -0.2) is 4.98 Å². The highest BCUT2D eigenvalue weighted by Gasteiger charge is 2.15. The number of hydrogen-bond donors (Lipinski definition) is 1. The second kappa shape index (κ2) is 7.55. The normalized spacial score (nSPS) is 12.0. The van der Waals surface area contributed by atoms with E-state index >= 15 is 0 Å². The van der Waals surface area contributed by atoms with Crippen molar-refractivity contribution in [3.05, 3.63) is 58.3 Å². The number of aromatic nitrogens is 1. The summed E-state index contributed by atoms with van der Waals surface area (Å²) in [6, 6.07) is 11.0. The summed E-state index contributed by atoms with van der Waals surface area (Å²) in [5, 5.41) is 13.9. The molecule has 122 valence electrons. The number of likely N-dealkylation sites (N-methyl/N-ethyl adjacent to an activating group) is 1. The first kappa shape index (κ1) is 16.7. The molecule has 1 aromatic heterocycles. The van der Waals surface area contributed by atoms with Crippen LogP contribution in [0.4, 0.5) is 11.5 Å². The summed E-state index contributed by atoms with van der Waals surface area (Å²) in [6.07, 6.45) is 1.25. The lowest BCUT2D eigenvalue weighted by Gasteiger charge is -2.25. The molecule has 2 aromatic rings. The van der Waals surface area contributed by atoms with Gasteiger partial charge in [0, 0.05) is 12.6 Å². The molecule has 1 heterocycles. The molecule has 0 amide bonds. The Balaban J connectivity index is 2.09. The molecule has 2 rings (SSSR count). The molecule has 1 unspecified atom stereocenters. The van der Waals surface area contributed by atoms with Gasteiger partial charge in [0.05, 0.1) is 18.1 Å². The minimum absolute atomic E-state index is 0.0208. The average Bonchev–Trinajstić information content (AvgIpc) is 2.55. The summed E-state index contributed by atoms with van der Waals surface area (Å²) in [5.41, 5.74) is 1.09. The van der Waals surface area contributed by atoms with Crippen LogP contribution in [0.5, 0.6) is 5.75 Å². The van der Waals surface area contributed by atoms with Crippen LogP contribution in [0.15, 0.2) is 42.6 Å². The molecule has 0 radical (unpaired) electrons. The maximum absolute atomic E-state index is 10.6. The van der Waals surface area contributed by atoms with Crippen molar-refractivity contribution in [2.24, 2.45) is 0 Å². The zero-order valence-electron chi connectivity index (χ0n) is 13.4. The Morgan fingerprint density at radius 1 is 1.35 bits per heavy atom. The molecule has 7 nitrogen and oxygen atoms in total. The quantitative estimate of drug-likeness (QED) is 0.625. The van der Waals surface area contributed by atoms with E-state index in [0.29, 0.717) is 12.4 Å². The Hall–Kier alpha value is -2.67. The molecule has 7 heteroatoms. The lowest BCUT2D eigenvalue weighted by Crippen LogP contribution is -2.27. The fraction of sp³-hybridized carbons (Fsp3) is 0.312. The number of rotatable bonds is 7. The molecule has 1 N–H and O–H groups in total. The number of nitro groups is 1. The molecular weight excluding hydrogens is 296 g/mol. The molecular formula is C16H20N4O3. The largest absolute Gasteiger partial charge is 0.497 e. The molecule has 0 aliphatic rings. The van der Waals surface area contributed by atoms with E-state index in [1.54, 1.807) is 13.2 Å². The predicted octanol–water partition coefficient (Wildman–Crippen LogP) is 2.71. The molecule has 0 saturated heterocycles. The summed E-state index contributed by atoms with van der Waals surface area (Å²) < 4.78 is 5.27. The highest BCUT2D eigenvalue weighted by atomic mass is 16.6. The number of ether oxygens (including phenoxy) is 1. The Labute approximate surface area is 135 Å².